The van der Waals surface area contributed by atoms with Gasteiger partial charge >= 0.3 is 0 Å². The maximum absolute atomic E-state index is 12.9. The molecular formula is C15H20FN3S. The van der Waals surface area contributed by atoms with Crippen LogP contribution in [-0.4, -0.2) is 47.6 Å². The van der Waals surface area contributed by atoms with Gasteiger partial charge in [-0.15, -0.1) is 6.58 Å². The Kier molecular flexibility index (Phi) is 5.49. The quantitative estimate of drug-likeness (QED) is 0.676. The Labute approximate surface area is 125 Å². The van der Waals surface area contributed by atoms with Gasteiger partial charge in [0, 0.05) is 39.3 Å². The number of hydrogen-bond acceptors (Lipinski definition) is 2. The van der Waals surface area contributed by atoms with E-state index in [0.717, 1.165) is 43.4 Å². The molecule has 1 aromatic carbocycles. The van der Waals surface area contributed by atoms with Crippen molar-refractivity contribution >= 4 is 17.3 Å². The predicted molar refractivity (Wildman–Crippen MR) is 84.0 cm³/mol. The first-order chi connectivity index (χ1) is 9.69. The number of halogens is 1. The van der Waals surface area contributed by atoms with Crippen molar-refractivity contribution in [3.05, 3.63) is 48.3 Å². The Morgan fingerprint density at radius 2 is 1.90 bits per heavy atom. The third kappa shape index (κ3) is 4.28. The lowest BCUT2D eigenvalue weighted by atomic mass is 10.2. The molecule has 1 aromatic rings. The second kappa shape index (κ2) is 7.36. The van der Waals surface area contributed by atoms with Crippen LogP contribution in [0.2, 0.25) is 0 Å². The zero-order chi connectivity index (χ0) is 14.4. The highest BCUT2D eigenvalue weighted by molar-refractivity contribution is 7.80. The number of hydrogen-bond donors (Lipinski definition) is 1. The summed E-state index contributed by atoms with van der Waals surface area (Å²) in [5.74, 6) is -0.183. The van der Waals surface area contributed by atoms with Crippen LogP contribution in [0, 0.1) is 5.82 Å². The monoisotopic (exact) mass is 293 g/mol. The average molecular weight is 293 g/mol. The highest BCUT2D eigenvalue weighted by Gasteiger charge is 2.18. The summed E-state index contributed by atoms with van der Waals surface area (Å²) in [6.45, 7) is 9.01. The molecule has 0 unspecified atom stereocenters. The van der Waals surface area contributed by atoms with E-state index < -0.39 is 0 Å². The molecule has 0 spiro atoms. The van der Waals surface area contributed by atoms with Crippen LogP contribution in [-0.2, 0) is 6.54 Å². The molecule has 0 radical (unpaired) electrons. The topological polar surface area (TPSA) is 18.5 Å². The largest absolute Gasteiger partial charge is 0.359 e. The Hall–Kier alpha value is -1.46. The van der Waals surface area contributed by atoms with E-state index in [4.69, 9.17) is 12.2 Å². The van der Waals surface area contributed by atoms with Gasteiger partial charge in [-0.25, -0.2) is 4.39 Å². The fourth-order valence-corrected chi connectivity index (χ4v) is 2.49. The van der Waals surface area contributed by atoms with Crippen LogP contribution in [0.3, 0.4) is 0 Å². The first-order valence-electron chi connectivity index (χ1n) is 6.79. The fourth-order valence-electron chi connectivity index (χ4n) is 2.23. The first-order valence-corrected chi connectivity index (χ1v) is 7.20. The Balaban J connectivity index is 1.78. The Morgan fingerprint density at radius 1 is 1.25 bits per heavy atom. The molecule has 0 bridgehead atoms. The van der Waals surface area contributed by atoms with Crippen LogP contribution < -0.4 is 5.32 Å². The smallest absolute Gasteiger partial charge is 0.169 e. The molecule has 3 nitrogen and oxygen atoms in total. The van der Waals surface area contributed by atoms with Gasteiger partial charge in [-0.05, 0) is 29.9 Å². The lowest BCUT2D eigenvalue weighted by Crippen LogP contribution is -2.51. The van der Waals surface area contributed by atoms with Gasteiger partial charge < -0.3 is 10.2 Å². The van der Waals surface area contributed by atoms with Crippen LogP contribution in [0.25, 0.3) is 0 Å². The standard InChI is InChI=1S/C15H20FN3S/c1-2-7-17-15(20)19-10-8-18(9-11-19)12-13-3-5-14(16)6-4-13/h2-6H,1,7-12H2,(H,17,20). The van der Waals surface area contributed by atoms with Crippen LogP contribution in [0.4, 0.5) is 4.39 Å². The van der Waals surface area contributed by atoms with E-state index in [0.29, 0.717) is 6.54 Å². The molecule has 0 saturated carbocycles. The van der Waals surface area contributed by atoms with Crippen molar-refractivity contribution in [1.82, 2.24) is 15.1 Å². The highest BCUT2D eigenvalue weighted by Crippen LogP contribution is 2.09. The summed E-state index contributed by atoms with van der Waals surface area (Å²) in [5, 5.41) is 3.95. The number of thiocarbonyl (C=S) groups is 1. The zero-order valence-electron chi connectivity index (χ0n) is 11.5. The number of nitrogens with one attached hydrogen (secondary N) is 1. The molecule has 1 N–H and O–H groups in total. The molecule has 1 fully saturated rings. The minimum atomic E-state index is -0.183. The third-order valence-corrected chi connectivity index (χ3v) is 3.78. The van der Waals surface area contributed by atoms with Gasteiger partial charge in [-0.2, -0.15) is 0 Å². The molecule has 1 aliphatic rings. The molecule has 0 amide bonds. The lowest BCUT2D eigenvalue weighted by Gasteiger charge is -2.36. The zero-order valence-corrected chi connectivity index (χ0v) is 12.3. The van der Waals surface area contributed by atoms with Gasteiger partial charge in [0.05, 0.1) is 0 Å². The van der Waals surface area contributed by atoms with Crippen molar-refractivity contribution in [2.75, 3.05) is 32.7 Å². The van der Waals surface area contributed by atoms with E-state index in [-0.39, 0.29) is 5.82 Å². The summed E-state index contributed by atoms with van der Waals surface area (Å²) < 4.78 is 12.9. The molecule has 0 atom stereocenters. The molecule has 2 rings (SSSR count). The highest BCUT2D eigenvalue weighted by atomic mass is 32.1. The number of rotatable bonds is 4. The summed E-state index contributed by atoms with van der Waals surface area (Å²) in [6, 6.07) is 6.72. The third-order valence-electron chi connectivity index (χ3n) is 3.38. The second-order valence-electron chi connectivity index (χ2n) is 4.86. The van der Waals surface area contributed by atoms with Crippen molar-refractivity contribution < 1.29 is 4.39 Å². The van der Waals surface area contributed by atoms with Gasteiger partial charge in [0.15, 0.2) is 5.11 Å². The number of piperazine rings is 1. The summed E-state index contributed by atoms with van der Waals surface area (Å²) in [7, 11) is 0. The summed E-state index contributed by atoms with van der Waals surface area (Å²) in [5.41, 5.74) is 1.15. The van der Waals surface area contributed by atoms with E-state index in [1.165, 1.54) is 12.1 Å². The molecule has 1 aliphatic heterocycles. The molecule has 20 heavy (non-hydrogen) atoms. The molecule has 1 heterocycles. The van der Waals surface area contributed by atoms with E-state index >= 15 is 0 Å². The average Bonchev–Trinajstić information content (AvgIpc) is 2.48. The molecule has 0 aliphatic carbocycles. The maximum atomic E-state index is 12.9. The van der Waals surface area contributed by atoms with Gasteiger partial charge in [-0.1, -0.05) is 18.2 Å². The Bertz CT molecular complexity index is 453. The number of benzene rings is 1. The molecule has 5 heteroatoms. The van der Waals surface area contributed by atoms with E-state index in [9.17, 15) is 4.39 Å². The van der Waals surface area contributed by atoms with E-state index in [2.05, 4.69) is 21.7 Å². The summed E-state index contributed by atoms with van der Waals surface area (Å²) >= 11 is 5.33. The van der Waals surface area contributed by atoms with Gasteiger partial charge in [0.1, 0.15) is 5.82 Å². The second-order valence-corrected chi connectivity index (χ2v) is 5.25. The Morgan fingerprint density at radius 3 is 2.50 bits per heavy atom. The number of nitrogens with zero attached hydrogens (tertiary/aromatic N) is 2. The fraction of sp³-hybridized carbons (Fsp3) is 0.400. The van der Waals surface area contributed by atoms with Crippen LogP contribution in [0.1, 0.15) is 5.56 Å². The van der Waals surface area contributed by atoms with Gasteiger partial charge in [-0.3, -0.25) is 4.90 Å². The van der Waals surface area contributed by atoms with Crippen molar-refractivity contribution in [2.24, 2.45) is 0 Å². The van der Waals surface area contributed by atoms with Crippen molar-refractivity contribution in [1.29, 1.82) is 0 Å². The van der Waals surface area contributed by atoms with Crippen molar-refractivity contribution in [3.63, 3.8) is 0 Å². The molecule has 1 saturated heterocycles. The normalized spacial score (nSPS) is 15.9. The van der Waals surface area contributed by atoms with Crippen molar-refractivity contribution in [2.45, 2.75) is 6.54 Å². The van der Waals surface area contributed by atoms with Gasteiger partial charge in [0.25, 0.3) is 0 Å². The minimum absolute atomic E-state index is 0.183. The lowest BCUT2D eigenvalue weighted by molar-refractivity contribution is 0.174. The predicted octanol–water partition coefficient (Wildman–Crippen LogP) is 2.00. The van der Waals surface area contributed by atoms with Crippen LogP contribution in [0.15, 0.2) is 36.9 Å². The van der Waals surface area contributed by atoms with E-state index in [1.54, 1.807) is 6.08 Å². The van der Waals surface area contributed by atoms with Gasteiger partial charge in [0.2, 0.25) is 0 Å². The summed E-state index contributed by atoms with van der Waals surface area (Å²) in [6.07, 6.45) is 1.80. The summed E-state index contributed by atoms with van der Waals surface area (Å²) in [4.78, 5) is 4.54. The maximum Gasteiger partial charge on any atom is 0.169 e. The van der Waals surface area contributed by atoms with E-state index in [1.807, 2.05) is 12.1 Å². The van der Waals surface area contributed by atoms with Crippen molar-refractivity contribution in [3.8, 4) is 0 Å². The minimum Gasteiger partial charge on any atom is -0.359 e. The molecule has 108 valence electrons. The molecular weight excluding hydrogens is 273 g/mol. The SMILES string of the molecule is C=CCNC(=S)N1CCN(Cc2ccc(F)cc2)CC1. The van der Waals surface area contributed by atoms with Crippen LogP contribution in [0.5, 0.6) is 0 Å². The van der Waals surface area contributed by atoms with Crippen LogP contribution >= 0.6 is 12.2 Å². The molecule has 0 aromatic heterocycles. The first kappa shape index (κ1) is 14.9.